The van der Waals surface area contributed by atoms with Gasteiger partial charge in [0.15, 0.2) is 0 Å². The molecule has 1 atom stereocenters. The Balaban J connectivity index is 1.69. The Morgan fingerprint density at radius 1 is 1.32 bits per heavy atom. The van der Waals surface area contributed by atoms with Crippen LogP contribution < -0.4 is 0 Å². The highest BCUT2D eigenvalue weighted by molar-refractivity contribution is 5.78. The second-order valence-electron chi connectivity index (χ2n) is 5.49. The number of amides is 1. The van der Waals surface area contributed by atoms with E-state index in [1.807, 2.05) is 23.2 Å². The average molecular weight is 299 g/mol. The van der Waals surface area contributed by atoms with Gasteiger partial charge in [-0.05, 0) is 24.2 Å². The van der Waals surface area contributed by atoms with E-state index in [1.165, 1.54) is 0 Å². The lowest BCUT2D eigenvalue weighted by atomic mass is 10.1. The summed E-state index contributed by atoms with van der Waals surface area (Å²) in [7, 11) is 0. The lowest BCUT2D eigenvalue weighted by Crippen LogP contribution is -2.51. The number of carbonyl (C=O) groups excluding carboxylic acids is 1. The van der Waals surface area contributed by atoms with Crippen LogP contribution in [-0.2, 0) is 11.2 Å². The van der Waals surface area contributed by atoms with Crippen molar-refractivity contribution in [2.75, 3.05) is 26.2 Å². The van der Waals surface area contributed by atoms with E-state index in [1.54, 1.807) is 18.6 Å². The van der Waals surface area contributed by atoms with E-state index in [4.69, 9.17) is 0 Å². The molecule has 1 unspecified atom stereocenters. The summed E-state index contributed by atoms with van der Waals surface area (Å²) in [4.78, 5) is 28.4. The standard InChI is InChI=1S/C16H21N5O/c1-2-20-9-10-21(12-14(20)16-18-7-8-19-16)15(22)11-13-3-5-17-6-4-13/h3-8,14H,2,9-12H2,1H3,(H,18,19). The minimum absolute atomic E-state index is 0.148. The third kappa shape index (κ3) is 3.17. The first-order valence-electron chi connectivity index (χ1n) is 7.68. The minimum Gasteiger partial charge on any atom is -0.347 e. The molecule has 1 N–H and O–H groups in total. The zero-order valence-corrected chi connectivity index (χ0v) is 12.8. The van der Waals surface area contributed by atoms with Crippen LogP contribution in [0.5, 0.6) is 0 Å². The average Bonchev–Trinajstić information content (AvgIpc) is 3.09. The molecule has 6 nitrogen and oxygen atoms in total. The van der Waals surface area contributed by atoms with Crippen LogP contribution >= 0.6 is 0 Å². The maximum atomic E-state index is 12.5. The van der Waals surface area contributed by atoms with Crippen molar-refractivity contribution in [2.45, 2.75) is 19.4 Å². The maximum Gasteiger partial charge on any atom is 0.227 e. The first-order valence-corrected chi connectivity index (χ1v) is 7.68. The molecule has 1 saturated heterocycles. The molecule has 116 valence electrons. The van der Waals surface area contributed by atoms with Gasteiger partial charge in [-0.15, -0.1) is 0 Å². The molecule has 2 aromatic rings. The van der Waals surface area contributed by atoms with Crippen molar-refractivity contribution < 1.29 is 4.79 Å². The van der Waals surface area contributed by atoms with Crippen LogP contribution in [0, 0.1) is 0 Å². The molecule has 2 aromatic heterocycles. The Morgan fingerprint density at radius 3 is 2.82 bits per heavy atom. The van der Waals surface area contributed by atoms with Crippen molar-refractivity contribution >= 4 is 5.91 Å². The molecule has 1 aliphatic rings. The molecule has 3 rings (SSSR count). The van der Waals surface area contributed by atoms with Crippen molar-refractivity contribution in [1.82, 2.24) is 24.8 Å². The van der Waals surface area contributed by atoms with Crippen LogP contribution in [0.1, 0.15) is 24.4 Å². The maximum absolute atomic E-state index is 12.5. The van der Waals surface area contributed by atoms with Gasteiger partial charge < -0.3 is 9.88 Å². The number of carbonyl (C=O) groups is 1. The molecular formula is C16H21N5O. The molecule has 0 radical (unpaired) electrons. The number of piperazine rings is 1. The first-order chi connectivity index (χ1) is 10.8. The third-order valence-corrected chi connectivity index (χ3v) is 4.19. The van der Waals surface area contributed by atoms with E-state index in [2.05, 4.69) is 26.8 Å². The van der Waals surface area contributed by atoms with E-state index in [9.17, 15) is 4.79 Å². The van der Waals surface area contributed by atoms with Crippen LogP contribution in [0.3, 0.4) is 0 Å². The molecule has 0 saturated carbocycles. The van der Waals surface area contributed by atoms with Crippen molar-refractivity contribution in [2.24, 2.45) is 0 Å². The van der Waals surface area contributed by atoms with Gasteiger partial charge >= 0.3 is 0 Å². The van der Waals surface area contributed by atoms with Crippen molar-refractivity contribution in [3.8, 4) is 0 Å². The molecule has 22 heavy (non-hydrogen) atoms. The molecule has 3 heterocycles. The van der Waals surface area contributed by atoms with Gasteiger partial charge in [-0.1, -0.05) is 6.92 Å². The van der Waals surface area contributed by atoms with E-state index < -0.39 is 0 Å². The normalized spacial score (nSPS) is 19.3. The number of nitrogens with zero attached hydrogens (tertiary/aromatic N) is 4. The first kappa shape index (κ1) is 14.7. The number of hydrogen-bond acceptors (Lipinski definition) is 4. The number of pyridine rings is 1. The van der Waals surface area contributed by atoms with Gasteiger partial charge in [0.05, 0.1) is 12.5 Å². The summed E-state index contributed by atoms with van der Waals surface area (Å²) in [6, 6.07) is 3.93. The molecule has 0 bridgehead atoms. The molecule has 1 aliphatic heterocycles. The Bertz CT molecular complexity index is 598. The topological polar surface area (TPSA) is 65.1 Å². The molecule has 1 amide bonds. The number of H-pyrrole nitrogens is 1. The molecule has 0 aromatic carbocycles. The fourth-order valence-corrected chi connectivity index (χ4v) is 2.93. The lowest BCUT2D eigenvalue weighted by molar-refractivity contribution is -0.133. The van der Waals surface area contributed by atoms with Gasteiger partial charge in [0, 0.05) is 44.4 Å². The van der Waals surface area contributed by atoms with Gasteiger partial charge in [-0.3, -0.25) is 14.7 Å². The van der Waals surface area contributed by atoms with Crippen molar-refractivity contribution in [3.05, 3.63) is 48.3 Å². The Labute approximate surface area is 130 Å². The summed E-state index contributed by atoms with van der Waals surface area (Å²) >= 11 is 0. The van der Waals surface area contributed by atoms with Crippen LogP contribution in [0.4, 0.5) is 0 Å². The van der Waals surface area contributed by atoms with E-state index in [0.29, 0.717) is 13.0 Å². The Morgan fingerprint density at radius 2 is 2.14 bits per heavy atom. The number of likely N-dealkylation sites (N-methyl/N-ethyl adjacent to an activating group) is 1. The largest absolute Gasteiger partial charge is 0.347 e. The summed E-state index contributed by atoms with van der Waals surface area (Å²) in [5.41, 5.74) is 1.01. The highest BCUT2D eigenvalue weighted by Crippen LogP contribution is 2.22. The third-order valence-electron chi connectivity index (χ3n) is 4.19. The number of imidazole rings is 1. The molecule has 6 heteroatoms. The van der Waals surface area contributed by atoms with Crippen molar-refractivity contribution in [3.63, 3.8) is 0 Å². The number of rotatable bonds is 4. The van der Waals surface area contributed by atoms with Crippen LogP contribution in [0.15, 0.2) is 36.9 Å². The molecule has 0 spiro atoms. The summed E-state index contributed by atoms with van der Waals surface area (Å²) in [6.07, 6.45) is 7.48. The number of nitrogens with one attached hydrogen (secondary N) is 1. The molecular weight excluding hydrogens is 278 g/mol. The van der Waals surface area contributed by atoms with Gasteiger partial charge in [0.25, 0.3) is 0 Å². The monoisotopic (exact) mass is 299 g/mol. The lowest BCUT2D eigenvalue weighted by Gasteiger charge is -2.40. The van der Waals surface area contributed by atoms with Crippen LogP contribution in [-0.4, -0.2) is 56.8 Å². The zero-order chi connectivity index (χ0) is 15.4. The second kappa shape index (κ2) is 6.70. The van der Waals surface area contributed by atoms with Gasteiger partial charge in [-0.2, -0.15) is 0 Å². The Kier molecular flexibility index (Phi) is 4.48. The predicted molar refractivity (Wildman–Crippen MR) is 83.1 cm³/mol. The Hall–Kier alpha value is -2.21. The minimum atomic E-state index is 0.148. The molecule has 1 fully saturated rings. The smallest absolute Gasteiger partial charge is 0.227 e. The van der Waals surface area contributed by atoms with Gasteiger partial charge in [-0.25, -0.2) is 4.98 Å². The summed E-state index contributed by atoms with van der Waals surface area (Å²) in [5, 5.41) is 0. The van der Waals surface area contributed by atoms with Gasteiger partial charge in [0.2, 0.25) is 5.91 Å². The fraction of sp³-hybridized carbons (Fsp3) is 0.438. The van der Waals surface area contributed by atoms with Crippen molar-refractivity contribution in [1.29, 1.82) is 0 Å². The highest BCUT2D eigenvalue weighted by Gasteiger charge is 2.30. The highest BCUT2D eigenvalue weighted by atomic mass is 16.2. The summed E-state index contributed by atoms with van der Waals surface area (Å²) in [5.74, 6) is 1.10. The number of aromatic amines is 1. The zero-order valence-electron chi connectivity index (χ0n) is 12.8. The molecule has 0 aliphatic carbocycles. The number of hydrogen-bond donors (Lipinski definition) is 1. The number of aromatic nitrogens is 3. The van der Waals surface area contributed by atoms with Crippen LogP contribution in [0.2, 0.25) is 0 Å². The van der Waals surface area contributed by atoms with Crippen LogP contribution in [0.25, 0.3) is 0 Å². The SMILES string of the molecule is CCN1CCN(C(=O)Cc2ccncc2)CC1c1ncc[nH]1. The second-order valence-corrected chi connectivity index (χ2v) is 5.49. The quantitative estimate of drug-likeness (QED) is 0.923. The van der Waals surface area contributed by atoms with E-state index >= 15 is 0 Å². The predicted octanol–water partition coefficient (Wildman–Crippen LogP) is 1.25. The summed E-state index contributed by atoms with van der Waals surface area (Å²) < 4.78 is 0. The van der Waals surface area contributed by atoms with E-state index in [0.717, 1.165) is 31.0 Å². The van der Waals surface area contributed by atoms with Gasteiger partial charge in [0.1, 0.15) is 5.82 Å². The summed E-state index contributed by atoms with van der Waals surface area (Å²) in [6.45, 7) is 5.44. The fourth-order valence-electron chi connectivity index (χ4n) is 2.93. The van der Waals surface area contributed by atoms with E-state index in [-0.39, 0.29) is 11.9 Å².